The first-order valence-electron chi connectivity index (χ1n) is 6.66. The van der Waals surface area contributed by atoms with Crippen molar-refractivity contribution >= 4 is 11.4 Å². The molecule has 0 aliphatic rings. The molecule has 18 heavy (non-hydrogen) atoms. The van der Waals surface area contributed by atoms with Gasteiger partial charge in [-0.2, -0.15) is 0 Å². The van der Waals surface area contributed by atoms with Crippen molar-refractivity contribution in [1.29, 1.82) is 0 Å². The van der Waals surface area contributed by atoms with Gasteiger partial charge >= 0.3 is 0 Å². The van der Waals surface area contributed by atoms with Crippen LogP contribution in [0.1, 0.15) is 41.5 Å². The molecule has 0 unspecified atom stereocenters. The highest BCUT2D eigenvalue weighted by molar-refractivity contribution is 5.54. The van der Waals surface area contributed by atoms with Gasteiger partial charge in [-0.25, -0.2) is 0 Å². The maximum Gasteiger partial charge on any atom is 0.132 e. The van der Waals surface area contributed by atoms with Crippen molar-refractivity contribution in [3.8, 4) is 0 Å². The molecule has 1 rings (SSSR count). The van der Waals surface area contributed by atoms with Crippen molar-refractivity contribution in [3.05, 3.63) is 24.3 Å². The number of hydrogen-bond acceptors (Lipinski definition) is 1. The molecule has 1 N–H and O–H groups in total. The van der Waals surface area contributed by atoms with Crippen molar-refractivity contribution in [2.24, 2.45) is 0 Å². The molecule has 2 nitrogen and oxygen atoms in total. The van der Waals surface area contributed by atoms with Crippen molar-refractivity contribution in [2.45, 2.75) is 52.6 Å². The molecular formula is C16H29N2+. The van der Waals surface area contributed by atoms with Gasteiger partial charge in [0, 0.05) is 23.4 Å². The van der Waals surface area contributed by atoms with E-state index in [0.717, 1.165) is 4.48 Å². The largest absolute Gasteiger partial charge is 0.380 e. The molecule has 0 radical (unpaired) electrons. The summed E-state index contributed by atoms with van der Waals surface area (Å²) in [5.41, 5.74) is 2.82. The fourth-order valence-corrected chi connectivity index (χ4v) is 1.74. The summed E-state index contributed by atoms with van der Waals surface area (Å²) in [7, 11) is 4.51. The molecule has 0 aliphatic heterocycles. The molecule has 0 spiro atoms. The van der Waals surface area contributed by atoms with E-state index in [-0.39, 0.29) is 11.1 Å². The van der Waals surface area contributed by atoms with E-state index in [1.54, 1.807) is 0 Å². The summed E-state index contributed by atoms with van der Waals surface area (Å²) in [5, 5.41) is 3.49. The number of rotatable bonds is 2. The van der Waals surface area contributed by atoms with Crippen molar-refractivity contribution in [1.82, 2.24) is 4.48 Å². The molecule has 0 aliphatic carbocycles. The van der Waals surface area contributed by atoms with Gasteiger partial charge in [-0.1, -0.05) is 0 Å². The molecule has 0 fully saturated rings. The molecule has 1 aromatic carbocycles. The van der Waals surface area contributed by atoms with Crippen LogP contribution in [0.4, 0.5) is 11.4 Å². The van der Waals surface area contributed by atoms with Crippen LogP contribution < -0.4 is 9.80 Å². The predicted octanol–water partition coefficient (Wildman–Crippen LogP) is 4.26. The Morgan fingerprint density at radius 2 is 1.28 bits per heavy atom. The zero-order valence-electron chi connectivity index (χ0n) is 13.3. The van der Waals surface area contributed by atoms with Crippen molar-refractivity contribution in [3.63, 3.8) is 0 Å². The topological polar surface area (TPSA) is 12.0 Å². The SMILES string of the molecule is CC(C)(C)Nc1ccc([N+](C)(C)C(C)(C)C)cc1. The summed E-state index contributed by atoms with van der Waals surface area (Å²) < 4.78 is 0.878. The first kappa shape index (κ1) is 15.0. The molecule has 2 heteroatoms. The van der Waals surface area contributed by atoms with Crippen LogP contribution in [0.15, 0.2) is 24.3 Å². The second kappa shape index (κ2) is 4.58. The first-order valence-corrected chi connectivity index (χ1v) is 6.66. The van der Waals surface area contributed by atoms with Gasteiger partial charge in [0.25, 0.3) is 0 Å². The second-order valence-corrected chi connectivity index (χ2v) is 7.55. The number of nitrogens with one attached hydrogen (secondary N) is 1. The van der Waals surface area contributed by atoms with Gasteiger partial charge in [-0.15, -0.1) is 0 Å². The van der Waals surface area contributed by atoms with E-state index in [2.05, 4.69) is 85.2 Å². The molecule has 102 valence electrons. The average molecular weight is 249 g/mol. The first-order chi connectivity index (χ1) is 7.93. The second-order valence-electron chi connectivity index (χ2n) is 7.55. The minimum Gasteiger partial charge on any atom is -0.380 e. The smallest absolute Gasteiger partial charge is 0.132 e. The van der Waals surface area contributed by atoms with Gasteiger partial charge in [-0.05, 0) is 53.7 Å². The van der Waals surface area contributed by atoms with Crippen LogP contribution in [0, 0.1) is 0 Å². The molecule has 0 saturated heterocycles. The Labute approximate surface area is 113 Å². The molecule has 1 aromatic rings. The van der Waals surface area contributed by atoms with Crippen LogP contribution in [0.2, 0.25) is 0 Å². The van der Waals surface area contributed by atoms with Crippen LogP contribution in [0.25, 0.3) is 0 Å². The van der Waals surface area contributed by atoms with Gasteiger partial charge in [0.05, 0.1) is 19.6 Å². The summed E-state index contributed by atoms with van der Waals surface area (Å²) in [5.74, 6) is 0. The number of nitrogens with zero attached hydrogens (tertiary/aromatic N) is 1. The van der Waals surface area contributed by atoms with Crippen molar-refractivity contribution in [2.75, 3.05) is 19.4 Å². The Morgan fingerprint density at radius 3 is 1.61 bits per heavy atom. The number of benzene rings is 1. The van der Waals surface area contributed by atoms with E-state index in [1.165, 1.54) is 11.4 Å². The van der Waals surface area contributed by atoms with Crippen LogP contribution in [0.5, 0.6) is 0 Å². The van der Waals surface area contributed by atoms with Gasteiger partial charge < -0.3 is 5.32 Å². The van der Waals surface area contributed by atoms with E-state index in [1.807, 2.05) is 0 Å². The zero-order valence-corrected chi connectivity index (χ0v) is 13.3. The average Bonchev–Trinajstić information content (AvgIpc) is 2.14. The Bertz CT molecular complexity index is 389. The molecule has 0 bridgehead atoms. The van der Waals surface area contributed by atoms with E-state index >= 15 is 0 Å². The third-order valence-electron chi connectivity index (χ3n) is 3.71. The Kier molecular flexibility index (Phi) is 3.83. The van der Waals surface area contributed by atoms with E-state index in [9.17, 15) is 0 Å². The number of anilines is 1. The van der Waals surface area contributed by atoms with Crippen LogP contribution in [-0.2, 0) is 0 Å². The normalized spacial score (nSPS) is 13.6. The lowest BCUT2D eigenvalue weighted by molar-refractivity contribution is 0.219. The highest BCUT2D eigenvalue weighted by Gasteiger charge is 2.33. The van der Waals surface area contributed by atoms with E-state index < -0.39 is 0 Å². The summed E-state index contributed by atoms with van der Waals surface area (Å²) in [6, 6.07) is 8.79. The number of hydrogen-bond donors (Lipinski definition) is 1. The van der Waals surface area contributed by atoms with Crippen molar-refractivity contribution < 1.29 is 0 Å². The summed E-state index contributed by atoms with van der Waals surface area (Å²) in [4.78, 5) is 0. The molecule has 0 heterocycles. The monoisotopic (exact) mass is 249 g/mol. The van der Waals surface area contributed by atoms with Crippen LogP contribution in [0.3, 0.4) is 0 Å². The maximum atomic E-state index is 3.49. The highest BCUT2D eigenvalue weighted by Crippen LogP contribution is 2.30. The molecular weight excluding hydrogens is 220 g/mol. The lowest BCUT2D eigenvalue weighted by Gasteiger charge is -2.42. The van der Waals surface area contributed by atoms with Crippen LogP contribution in [-0.4, -0.2) is 25.2 Å². The third-order valence-corrected chi connectivity index (χ3v) is 3.71. The summed E-state index contributed by atoms with van der Waals surface area (Å²) in [6.07, 6.45) is 0. The zero-order chi connectivity index (χ0) is 14.2. The number of quaternary nitrogens is 1. The fraction of sp³-hybridized carbons (Fsp3) is 0.625. The third kappa shape index (κ3) is 3.49. The van der Waals surface area contributed by atoms with Gasteiger partial charge in [0.1, 0.15) is 5.69 Å². The molecule has 0 saturated carbocycles. The van der Waals surface area contributed by atoms with Gasteiger partial charge in [0.15, 0.2) is 0 Å². The lowest BCUT2D eigenvalue weighted by atomic mass is 10.0. The van der Waals surface area contributed by atoms with E-state index in [4.69, 9.17) is 0 Å². The predicted molar refractivity (Wildman–Crippen MR) is 83.2 cm³/mol. The molecule has 0 aromatic heterocycles. The minimum atomic E-state index is 0.107. The Morgan fingerprint density at radius 1 is 0.833 bits per heavy atom. The lowest BCUT2D eigenvalue weighted by Crippen LogP contribution is -2.55. The molecule has 0 amide bonds. The highest BCUT2D eigenvalue weighted by atomic mass is 15.4. The van der Waals surface area contributed by atoms with Gasteiger partial charge in [0.2, 0.25) is 0 Å². The maximum absolute atomic E-state index is 3.49. The quantitative estimate of drug-likeness (QED) is 0.772. The summed E-state index contributed by atoms with van der Waals surface area (Å²) in [6.45, 7) is 13.3. The molecule has 0 atom stereocenters. The minimum absolute atomic E-state index is 0.107. The van der Waals surface area contributed by atoms with Gasteiger partial charge in [-0.3, -0.25) is 4.48 Å². The standard InChI is InChI=1S/C16H29N2/c1-15(2,3)17-13-9-11-14(12-10-13)18(7,8)16(4,5)6/h9-12,17H,1-8H3/q+1. The Hall–Kier alpha value is -1.02. The summed E-state index contributed by atoms with van der Waals surface area (Å²) >= 11 is 0. The Balaban J connectivity index is 2.97. The van der Waals surface area contributed by atoms with E-state index in [0.29, 0.717) is 0 Å². The fourth-order valence-electron chi connectivity index (χ4n) is 1.74. The van der Waals surface area contributed by atoms with Crippen LogP contribution >= 0.6 is 0 Å².